The van der Waals surface area contributed by atoms with Crippen LogP contribution in [-0.2, 0) is 14.0 Å². The monoisotopic (exact) mass is 431 g/mol. The van der Waals surface area contributed by atoms with Crippen molar-refractivity contribution < 1.29 is 42.6 Å². The van der Waals surface area contributed by atoms with Gasteiger partial charge in [0, 0.05) is 0 Å². The van der Waals surface area contributed by atoms with Gasteiger partial charge in [-0.05, 0) is 35.4 Å². The molecule has 0 aromatic heterocycles. The lowest BCUT2D eigenvalue weighted by atomic mass is 10.0. The number of nitrogens with zero attached hydrogens (tertiary/aromatic N) is 1. The molecule has 2 heterocycles. The van der Waals surface area contributed by atoms with Gasteiger partial charge in [-0.15, -0.1) is 0 Å². The zero-order valence-electron chi connectivity index (χ0n) is 15.1. The van der Waals surface area contributed by atoms with Gasteiger partial charge < -0.3 is 29.3 Å². The van der Waals surface area contributed by atoms with Crippen molar-refractivity contribution in [2.24, 2.45) is 0 Å². The summed E-state index contributed by atoms with van der Waals surface area (Å²) in [6, 6.07) is 12.1. The molecule has 0 radical (unpaired) electrons. The first-order chi connectivity index (χ1) is 13.6. The van der Waals surface area contributed by atoms with E-state index in [0.29, 0.717) is 13.2 Å². The van der Waals surface area contributed by atoms with Crippen LogP contribution in [0, 0.1) is 11.6 Å². The van der Waals surface area contributed by atoms with E-state index in [-0.39, 0.29) is 18.2 Å². The van der Waals surface area contributed by atoms with Gasteiger partial charge in [-0.3, -0.25) is 0 Å². The number of benzene rings is 2. The number of rotatable bonds is 3. The molecule has 0 amide bonds. The molecule has 4 rings (SSSR count). The van der Waals surface area contributed by atoms with Gasteiger partial charge in [0.15, 0.2) is 0 Å². The molecule has 0 aliphatic carbocycles. The standard InChI is InChI=1S/C18H17F2NO3.H3O4P/c19-14-5-1-12(2-6-14)16-21-17(13-3-7-15(20)8-4-13)24-11-18(21,9-22)10-23-16;1-5(2,3)4/h1-8,16-17,22H,9-11H2;(H3,1,2,3,4). The summed E-state index contributed by atoms with van der Waals surface area (Å²) in [4.78, 5) is 23.5. The molecule has 2 aliphatic rings. The number of aliphatic hydroxyl groups excluding tert-OH is 1. The maximum absolute atomic E-state index is 13.2. The van der Waals surface area contributed by atoms with Crippen LogP contribution in [0.4, 0.5) is 8.78 Å². The summed E-state index contributed by atoms with van der Waals surface area (Å²) in [5.41, 5.74) is 0.909. The van der Waals surface area contributed by atoms with Gasteiger partial charge >= 0.3 is 7.82 Å². The highest BCUT2D eigenvalue weighted by Gasteiger charge is 2.56. The van der Waals surface area contributed by atoms with Gasteiger partial charge in [-0.2, -0.15) is 0 Å². The van der Waals surface area contributed by atoms with Crippen molar-refractivity contribution in [1.82, 2.24) is 4.90 Å². The predicted molar refractivity (Wildman–Crippen MR) is 96.1 cm³/mol. The SMILES string of the molecule is O=P(O)(O)O.OCC12COC(c3ccc(F)cc3)N1C(c1ccc(F)cc1)OC2. The van der Waals surface area contributed by atoms with Crippen molar-refractivity contribution in [3.63, 3.8) is 0 Å². The lowest BCUT2D eigenvalue weighted by Crippen LogP contribution is -2.47. The molecular weight excluding hydrogens is 411 g/mol. The van der Waals surface area contributed by atoms with Crippen molar-refractivity contribution in [2.75, 3.05) is 19.8 Å². The van der Waals surface area contributed by atoms with E-state index >= 15 is 0 Å². The van der Waals surface area contributed by atoms with Gasteiger partial charge in [0.2, 0.25) is 0 Å². The average molecular weight is 431 g/mol. The Labute approximate surface area is 165 Å². The Hall–Kier alpha value is -1.75. The Balaban J connectivity index is 0.000000431. The third kappa shape index (κ3) is 5.06. The van der Waals surface area contributed by atoms with Crippen LogP contribution >= 0.6 is 7.82 Å². The van der Waals surface area contributed by atoms with Crippen LogP contribution in [0.1, 0.15) is 23.6 Å². The minimum Gasteiger partial charge on any atom is -0.394 e. The molecule has 2 aromatic carbocycles. The highest BCUT2D eigenvalue weighted by atomic mass is 31.2. The normalized spacial score (nSPS) is 26.7. The van der Waals surface area contributed by atoms with Crippen molar-refractivity contribution in [1.29, 1.82) is 0 Å². The van der Waals surface area contributed by atoms with E-state index in [0.717, 1.165) is 11.1 Å². The van der Waals surface area contributed by atoms with Crippen LogP contribution < -0.4 is 0 Å². The fraction of sp³-hybridized carbons (Fsp3) is 0.333. The van der Waals surface area contributed by atoms with Crippen LogP contribution in [0.2, 0.25) is 0 Å². The summed E-state index contributed by atoms with van der Waals surface area (Å²) in [6.07, 6.45) is -0.925. The van der Waals surface area contributed by atoms with E-state index in [9.17, 15) is 13.9 Å². The first kappa shape index (κ1) is 21.9. The Morgan fingerprint density at radius 1 is 0.897 bits per heavy atom. The molecule has 2 aliphatic heterocycles. The second-order valence-corrected chi connectivity index (χ2v) is 7.76. The number of phosphoric acid groups is 1. The first-order valence-corrected chi connectivity index (χ1v) is 10.1. The second-order valence-electron chi connectivity index (χ2n) is 6.73. The van der Waals surface area contributed by atoms with Crippen molar-refractivity contribution in [2.45, 2.75) is 18.0 Å². The maximum Gasteiger partial charge on any atom is 0.466 e. The van der Waals surface area contributed by atoms with E-state index in [1.54, 1.807) is 24.3 Å². The molecular formula is C18H20F2NO7P. The summed E-state index contributed by atoms with van der Waals surface area (Å²) in [6.45, 7) is 0.495. The van der Waals surface area contributed by atoms with Crippen LogP contribution in [0.3, 0.4) is 0 Å². The van der Waals surface area contributed by atoms with Crippen molar-refractivity contribution >= 4 is 7.82 Å². The Morgan fingerprint density at radius 2 is 1.24 bits per heavy atom. The molecule has 2 fully saturated rings. The van der Waals surface area contributed by atoms with Crippen molar-refractivity contribution in [3.8, 4) is 0 Å². The molecule has 2 atom stereocenters. The Bertz CT molecular complexity index is 809. The highest BCUT2D eigenvalue weighted by molar-refractivity contribution is 7.45. The number of aliphatic hydroxyl groups is 1. The Kier molecular flexibility index (Phi) is 6.47. The predicted octanol–water partition coefficient (Wildman–Crippen LogP) is 1.83. The van der Waals surface area contributed by atoms with E-state index < -0.39 is 25.8 Å². The lowest BCUT2D eigenvalue weighted by molar-refractivity contribution is -0.0630. The highest BCUT2D eigenvalue weighted by Crippen LogP contribution is 2.48. The van der Waals surface area contributed by atoms with E-state index in [1.807, 2.05) is 4.90 Å². The Morgan fingerprint density at radius 3 is 1.55 bits per heavy atom. The van der Waals surface area contributed by atoms with Crippen LogP contribution in [0.25, 0.3) is 0 Å². The van der Waals surface area contributed by atoms with Gasteiger partial charge in [-0.1, -0.05) is 24.3 Å². The van der Waals surface area contributed by atoms with Gasteiger partial charge in [-0.25, -0.2) is 18.2 Å². The van der Waals surface area contributed by atoms with Crippen LogP contribution in [0.15, 0.2) is 48.5 Å². The van der Waals surface area contributed by atoms with Gasteiger partial charge in [0.25, 0.3) is 0 Å². The number of halogens is 2. The zero-order chi connectivity index (χ0) is 21.2. The number of hydrogen-bond acceptors (Lipinski definition) is 5. The number of hydrogen-bond donors (Lipinski definition) is 4. The molecule has 0 spiro atoms. The minimum atomic E-state index is -4.64. The van der Waals surface area contributed by atoms with Crippen LogP contribution in [-0.4, -0.2) is 50.0 Å². The molecule has 0 bridgehead atoms. The van der Waals surface area contributed by atoms with Gasteiger partial charge in [0.05, 0.1) is 25.4 Å². The molecule has 4 N–H and O–H groups in total. The maximum atomic E-state index is 13.2. The summed E-state index contributed by atoms with van der Waals surface area (Å²) in [5.74, 6) is -0.643. The molecule has 0 saturated carbocycles. The average Bonchev–Trinajstić information content (AvgIpc) is 3.20. The largest absolute Gasteiger partial charge is 0.466 e. The lowest BCUT2D eigenvalue weighted by Gasteiger charge is -2.33. The van der Waals surface area contributed by atoms with Crippen molar-refractivity contribution in [3.05, 3.63) is 71.3 Å². The molecule has 2 aromatic rings. The number of fused-ring (bicyclic) bond motifs is 1. The summed E-state index contributed by atoms with van der Waals surface area (Å²) < 4.78 is 47.1. The first-order valence-electron chi connectivity index (χ1n) is 8.55. The van der Waals surface area contributed by atoms with E-state index in [4.69, 9.17) is 28.7 Å². The molecule has 29 heavy (non-hydrogen) atoms. The second kappa shape index (κ2) is 8.55. The molecule has 8 nitrogen and oxygen atoms in total. The zero-order valence-corrected chi connectivity index (χ0v) is 16.0. The van der Waals surface area contributed by atoms with Crippen LogP contribution in [0.5, 0.6) is 0 Å². The van der Waals surface area contributed by atoms with E-state index in [2.05, 4.69) is 0 Å². The molecule has 11 heteroatoms. The third-order valence-corrected chi connectivity index (χ3v) is 4.68. The minimum absolute atomic E-state index is 0.123. The molecule has 2 saturated heterocycles. The quantitative estimate of drug-likeness (QED) is 0.544. The summed E-state index contributed by atoms with van der Waals surface area (Å²) >= 11 is 0. The van der Waals surface area contributed by atoms with E-state index in [1.165, 1.54) is 24.3 Å². The fourth-order valence-corrected chi connectivity index (χ4v) is 3.38. The number of ether oxygens (including phenoxy) is 2. The molecule has 2 unspecified atom stereocenters. The fourth-order valence-electron chi connectivity index (χ4n) is 3.38. The third-order valence-electron chi connectivity index (χ3n) is 4.68. The topological polar surface area (TPSA) is 120 Å². The smallest absolute Gasteiger partial charge is 0.394 e. The molecule has 158 valence electrons. The van der Waals surface area contributed by atoms with Gasteiger partial charge in [0.1, 0.15) is 24.1 Å². The summed E-state index contributed by atoms with van der Waals surface area (Å²) in [7, 11) is -4.64. The summed E-state index contributed by atoms with van der Waals surface area (Å²) in [5, 5.41) is 9.92.